The summed E-state index contributed by atoms with van der Waals surface area (Å²) in [6.45, 7) is 3.93. The lowest BCUT2D eigenvalue weighted by Gasteiger charge is -2.26. The number of rotatable bonds is 8. The van der Waals surface area contributed by atoms with E-state index in [9.17, 15) is 0 Å². The smallest absolute Gasteiger partial charge is 0.203 e. The van der Waals surface area contributed by atoms with Crippen LogP contribution in [0.5, 0.6) is 17.2 Å². The Morgan fingerprint density at radius 3 is 2.29 bits per heavy atom. The summed E-state index contributed by atoms with van der Waals surface area (Å²) in [7, 11) is 4.85. The summed E-state index contributed by atoms with van der Waals surface area (Å²) in [4.78, 5) is 0. The van der Waals surface area contributed by atoms with Gasteiger partial charge in [0.15, 0.2) is 22.5 Å². The van der Waals surface area contributed by atoms with E-state index in [1.54, 1.807) is 33.1 Å². The van der Waals surface area contributed by atoms with Gasteiger partial charge in [0.1, 0.15) is 0 Å². The molecule has 8 heteroatoms. The van der Waals surface area contributed by atoms with Crippen LogP contribution in [0.4, 0.5) is 0 Å². The van der Waals surface area contributed by atoms with Gasteiger partial charge in [-0.05, 0) is 29.5 Å². The highest BCUT2D eigenvalue weighted by molar-refractivity contribution is 9.11. The van der Waals surface area contributed by atoms with E-state index in [0.717, 1.165) is 39.6 Å². The van der Waals surface area contributed by atoms with Gasteiger partial charge in [0, 0.05) is 17.4 Å². The lowest BCUT2D eigenvalue weighted by Crippen LogP contribution is -2.15. The molecule has 0 saturated heterocycles. The number of hydrogen-bond acceptors (Lipinski definition) is 6. The van der Waals surface area contributed by atoms with E-state index in [2.05, 4.69) is 37.3 Å². The number of hydrogen-bond donors (Lipinski definition) is 0. The molecule has 1 aliphatic carbocycles. The van der Waals surface area contributed by atoms with Crippen molar-refractivity contribution in [2.24, 2.45) is 0 Å². The van der Waals surface area contributed by atoms with Crippen molar-refractivity contribution in [3.05, 3.63) is 23.2 Å². The zero-order valence-corrected chi connectivity index (χ0v) is 18.9. The summed E-state index contributed by atoms with van der Waals surface area (Å²) in [6, 6.07) is 4.26. The highest BCUT2D eigenvalue weighted by Crippen LogP contribution is 2.43. The average molecular weight is 468 g/mol. The van der Waals surface area contributed by atoms with Crippen molar-refractivity contribution < 1.29 is 14.2 Å². The van der Waals surface area contributed by atoms with Crippen molar-refractivity contribution in [2.75, 3.05) is 27.1 Å². The van der Waals surface area contributed by atoms with Crippen molar-refractivity contribution in [1.82, 2.24) is 14.8 Å². The highest BCUT2D eigenvalue weighted by Gasteiger charge is 2.25. The van der Waals surface area contributed by atoms with Gasteiger partial charge in [-0.3, -0.25) is 4.57 Å². The van der Waals surface area contributed by atoms with Crippen LogP contribution in [-0.4, -0.2) is 41.8 Å². The molecule has 0 radical (unpaired) electrons. The van der Waals surface area contributed by atoms with Gasteiger partial charge in [-0.1, -0.05) is 53.5 Å². The van der Waals surface area contributed by atoms with Crippen LogP contribution in [0.2, 0.25) is 0 Å². The van der Waals surface area contributed by atoms with Crippen LogP contribution >= 0.6 is 27.7 Å². The van der Waals surface area contributed by atoms with Crippen molar-refractivity contribution in [3.63, 3.8) is 0 Å². The molecule has 1 fully saturated rings. The third-order valence-electron chi connectivity index (χ3n) is 4.89. The Labute approximate surface area is 178 Å². The SMILES string of the molecule is C=C(Br)CSc1nnc(-c2cc(OC)c(OC)c(OC)c2)n1C1CCCCC1. The van der Waals surface area contributed by atoms with E-state index < -0.39 is 0 Å². The summed E-state index contributed by atoms with van der Waals surface area (Å²) >= 11 is 5.09. The minimum absolute atomic E-state index is 0.393. The molecule has 0 atom stereocenters. The maximum absolute atomic E-state index is 5.53. The lowest BCUT2D eigenvalue weighted by molar-refractivity contribution is 0.324. The molecule has 1 saturated carbocycles. The van der Waals surface area contributed by atoms with Gasteiger partial charge < -0.3 is 14.2 Å². The molecule has 6 nitrogen and oxygen atoms in total. The molecule has 0 spiro atoms. The second kappa shape index (κ2) is 9.69. The monoisotopic (exact) mass is 467 g/mol. The highest BCUT2D eigenvalue weighted by atomic mass is 79.9. The molecule has 0 N–H and O–H groups in total. The van der Waals surface area contributed by atoms with Gasteiger partial charge in [-0.15, -0.1) is 10.2 Å². The first-order valence-electron chi connectivity index (χ1n) is 9.30. The fourth-order valence-corrected chi connectivity index (χ4v) is 4.70. The number of methoxy groups -OCH3 is 3. The predicted molar refractivity (Wildman–Crippen MR) is 116 cm³/mol. The molecule has 1 aromatic carbocycles. The van der Waals surface area contributed by atoms with E-state index in [4.69, 9.17) is 14.2 Å². The first-order chi connectivity index (χ1) is 13.6. The molecule has 0 bridgehead atoms. The van der Waals surface area contributed by atoms with Crippen LogP contribution < -0.4 is 14.2 Å². The Kier molecular flexibility index (Phi) is 7.29. The Morgan fingerprint density at radius 1 is 1.11 bits per heavy atom. The topological polar surface area (TPSA) is 58.4 Å². The van der Waals surface area contributed by atoms with Gasteiger partial charge in [-0.2, -0.15) is 0 Å². The summed E-state index contributed by atoms with van der Waals surface area (Å²) in [5, 5.41) is 9.95. The molecular formula is C20H26BrN3O3S. The largest absolute Gasteiger partial charge is 0.493 e. The van der Waals surface area contributed by atoms with Crippen LogP contribution in [0.15, 0.2) is 28.4 Å². The Balaban J connectivity index is 2.09. The van der Waals surface area contributed by atoms with E-state index in [1.807, 2.05) is 12.1 Å². The van der Waals surface area contributed by atoms with Gasteiger partial charge in [0.05, 0.1) is 21.3 Å². The Morgan fingerprint density at radius 2 is 1.75 bits per heavy atom. The standard InChI is InChI=1S/C20H26BrN3O3S/c1-13(21)12-28-20-23-22-19(24(20)15-8-6-5-7-9-15)14-10-16(25-2)18(27-4)17(11-14)26-3/h10-11,15H,1,5-9,12H2,2-4H3. The summed E-state index contributed by atoms with van der Waals surface area (Å²) in [5.74, 6) is 3.37. The second-order valence-electron chi connectivity index (χ2n) is 6.69. The predicted octanol–water partition coefficient (Wildman–Crippen LogP) is 5.48. The zero-order chi connectivity index (χ0) is 20.1. The van der Waals surface area contributed by atoms with Crippen molar-refractivity contribution in [1.29, 1.82) is 0 Å². The third kappa shape index (κ3) is 4.49. The molecule has 28 heavy (non-hydrogen) atoms. The summed E-state index contributed by atoms with van der Waals surface area (Å²) < 4.78 is 19.7. The van der Waals surface area contributed by atoms with Gasteiger partial charge >= 0.3 is 0 Å². The maximum atomic E-state index is 5.53. The maximum Gasteiger partial charge on any atom is 0.203 e. The number of aromatic nitrogens is 3. The fraction of sp³-hybridized carbons (Fsp3) is 0.500. The number of benzene rings is 1. The Hall–Kier alpha value is -1.67. The van der Waals surface area contributed by atoms with Gasteiger partial charge in [0.25, 0.3) is 0 Å². The van der Waals surface area contributed by atoms with Crippen LogP contribution in [0.1, 0.15) is 38.1 Å². The average Bonchev–Trinajstić information content (AvgIpc) is 3.15. The normalized spacial score (nSPS) is 14.7. The Bertz CT molecular complexity index is 809. The first kappa shape index (κ1) is 21.0. The zero-order valence-electron chi connectivity index (χ0n) is 16.5. The van der Waals surface area contributed by atoms with E-state index >= 15 is 0 Å². The summed E-state index contributed by atoms with van der Waals surface area (Å²) in [6.07, 6.45) is 6.02. The molecule has 1 aliphatic rings. The van der Waals surface area contributed by atoms with Gasteiger partial charge in [0.2, 0.25) is 5.75 Å². The molecule has 1 aromatic heterocycles. The molecule has 0 amide bonds. The van der Waals surface area contributed by atoms with E-state index in [0.29, 0.717) is 23.3 Å². The van der Waals surface area contributed by atoms with E-state index in [1.165, 1.54) is 19.3 Å². The van der Waals surface area contributed by atoms with Crippen molar-refractivity contribution >= 4 is 27.7 Å². The minimum atomic E-state index is 0.393. The molecule has 2 aromatic rings. The molecular weight excluding hydrogens is 442 g/mol. The fourth-order valence-electron chi connectivity index (χ4n) is 3.59. The van der Waals surface area contributed by atoms with Crippen molar-refractivity contribution in [2.45, 2.75) is 43.3 Å². The van der Waals surface area contributed by atoms with Crippen LogP contribution in [0.25, 0.3) is 11.4 Å². The number of ether oxygens (including phenoxy) is 3. The number of halogens is 1. The third-order valence-corrected chi connectivity index (χ3v) is 6.57. The van der Waals surface area contributed by atoms with Crippen LogP contribution in [-0.2, 0) is 0 Å². The molecule has 0 unspecified atom stereocenters. The lowest BCUT2D eigenvalue weighted by atomic mass is 9.95. The second-order valence-corrected chi connectivity index (χ2v) is 8.75. The van der Waals surface area contributed by atoms with Gasteiger partial charge in [-0.25, -0.2) is 0 Å². The molecule has 3 rings (SSSR count). The van der Waals surface area contributed by atoms with E-state index in [-0.39, 0.29) is 0 Å². The molecule has 0 aliphatic heterocycles. The molecule has 152 valence electrons. The number of thioether (sulfide) groups is 1. The quantitative estimate of drug-likeness (QED) is 0.479. The number of nitrogens with zero attached hydrogens (tertiary/aromatic N) is 3. The first-order valence-corrected chi connectivity index (χ1v) is 11.1. The van der Waals surface area contributed by atoms with Crippen LogP contribution in [0, 0.1) is 0 Å². The molecule has 1 heterocycles. The summed E-state index contributed by atoms with van der Waals surface area (Å²) in [5.41, 5.74) is 0.900. The van der Waals surface area contributed by atoms with Crippen LogP contribution in [0.3, 0.4) is 0 Å². The van der Waals surface area contributed by atoms with Crippen molar-refractivity contribution in [3.8, 4) is 28.6 Å². The minimum Gasteiger partial charge on any atom is -0.493 e.